The van der Waals surface area contributed by atoms with Crippen LogP contribution < -0.4 is 5.32 Å². The van der Waals surface area contributed by atoms with Gasteiger partial charge < -0.3 is 5.32 Å². The fourth-order valence-corrected chi connectivity index (χ4v) is 3.93. The van der Waals surface area contributed by atoms with Gasteiger partial charge in [-0.1, -0.05) is 27.7 Å². The van der Waals surface area contributed by atoms with Gasteiger partial charge in [0.2, 0.25) is 0 Å². The Bertz CT molecular complexity index is 345. The normalized spacial score (nSPS) is 29.4. The minimum atomic E-state index is 0.441. The monoisotopic (exact) mass is 252 g/mol. The third kappa shape index (κ3) is 3.08. The van der Waals surface area contributed by atoms with E-state index in [0.717, 1.165) is 12.3 Å². The number of nitrogens with zero attached hydrogens (tertiary/aromatic N) is 1. The van der Waals surface area contributed by atoms with E-state index in [1.807, 2.05) is 6.20 Å². The Balaban J connectivity index is 2.00. The summed E-state index contributed by atoms with van der Waals surface area (Å²) in [4.78, 5) is 4.45. The summed E-state index contributed by atoms with van der Waals surface area (Å²) in [5.41, 5.74) is 0.498. The standard InChI is InChI=1S/C14H24N2S/c1-5-11(13-15-6-7-17-13)16-12-9-14(3,4)8-10(12)2/h6-7,10-12,16H,5,8-9H2,1-4H3. The first-order chi connectivity index (χ1) is 8.02. The first kappa shape index (κ1) is 13.0. The fourth-order valence-electron chi connectivity index (χ4n) is 3.15. The number of hydrogen-bond donors (Lipinski definition) is 1. The lowest BCUT2D eigenvalue weighted by atomic mass is 9.91. The maximum Gasteiger partial charge on any atom is 0.109 e. The Morgan fingerprint density at radius 2 is 2.29 bits per heavy atom. The molecule has 1 fully saturated rings. The van der Waals surface area contributed by atoms with Crippen LogP contribution in [0.15, 0.2) is 11.6 Å². The van der Waals surface area contributed by atoms with E-state index in [4.69, 9.17) is 0 Å². The summed E-state index contributed by atoms with van der Waals surface area (Å²) in [6.45, 7) is 9.38. The van der Waals surface area contributed by atoms with Gasteiger partial charge in [-0.25, -0.2) is 4.98 Å². The molecule has 1 heterocycles. The number of nitrogens with one attached hydrogen (secondary N) is 1. The van der Waals surface area contributed by atoms with E-state index in [9.17, 15) is 0 Å². The van der Waals surface area contributed by atoms with Crippen LogP contribution in [0.5, 0.6) is 0 Å². The molecule has 0 bridgehead atoms. The van der Waals surface area contributed by atoms with Crippen LogP contribution >= 0.6 is 11.3 Å². The third-order valence-electron chi connectivity index (χ3n) is 3.91. The number of aromatic nitrogens is 1. The molecule has 17 heavy (non-hydrogen) atoms. The molecule has 3 atom stereocenters. The Hall–Kier alpha value is -0.410. The van der Waals surface area contributed by atoms with Gasteiger partial charge in [0.1, 0.15) is 5.01 Å². The summed E-state index contributed by atoms with van der Waals surface area (Å²) in [7, 11) is 0. The second-order valence-corrected chi connectivity index (χ2v) is 7.08. The Kier molecular flexibility index (Phi) is 3.88. The van der Waals surface area contributed by atoms with Gasteiger partial charge in [0.25, 0.3) is 0 Å². The molecule has 3 unspecified atom stereocenters. The molecule has 0 saturated heterocycles. The first-order valence-corrected chi connectivity index (χ1v) is 7.55. The van der Waals surface area contributed by atoms with E-state index in [1.165, 1.54) is 17.8 Å². The molecule has 96 valence electrons. The van der Waals surface area contributed by atoms with Crippen LogP contribution in [0.1, 0.15) is 58.0 Å². The molecule has 1 aromatic heterocycles. The molecule has 1 aliphatic rings. The van der Waals surface area contributed by atoms with Crippen molar-refractivity contribution < 1.29 is 0 Å². The minimum absolute atomic E-state index is 0.441. The van der Waals surface area contributed by atoms with Gasteiger partial charge >= 0.3 is 0 Å². The van der Waals surface area contributed by atoms with Crippen LogP contribution in [0, 0.1) is 11.3 Å². The Morgan fingerprint density at radius 1 is 1.53 bits per heavy atom. The third-order valence-corrected chi connectivity index (χ3v) is 4.80. The van der Waals surface area contributed by atoms with Gasteiger partial charge in [0.05, 0.1) is 6.04 Å². The summed E-state index contributed by atoms with van der Waals surface area (Å²) in [6.07, 6.45) is 5.65. The number of hydrogen-bond acceptors (Lipinski definition) is 3. The molecule has 0 spiro atoms. The van der Waals surface area contributed by atoms with Gasteiger partial charge in [0, 0.05) is 17.6 Å². The van der Waals surface area contributed by atoms with Crippen molar-refractivity contribution in [2.45, 2.75) is 59.0 Å². The van der Waals surface area contributed by atoms with E-state index in [1.54, 1.807) is 11.3 Å². The molecule has 2 rings (SSSR count). The summed E-state index contributed by atoms with van der Waals surface area (Å²) in [6, 6.07) is 1.09. The van der Waals surface area contributed by atoms with E-state index >= 15 is 0 Å². The van der Waals surface area contributed by atoms with Crippen LogP contribution in [-0.2, 0) is 0 Å². The molecule has 1 saturated carbocycles. The smallest absolute Gasteiger partial charge is 0.109 e. The Labute approximate surface area is 109 Å². The zero-order valence-electron chi connectivity index (χ0n) is 11.4. The van der Waals surface area contributed by atoms with Crippen LogP contribution in [0.4, 0.5) is 0 Å². The molecule has 0 aliphatic heterocycles. The molecule has 2 nitrogen and oxygen atoms in total. The lowest BCUT2D eigenvalue weighted by Crippen LogP contribution is -2.34. The van der Waals surface area contributed by atoms with Crippen molar-refractivity contribution in [3.8, 4) is 0 Å². The summed E-state index contributed by atoms with van der Waals surface area (Å²) in [5.74, 6) is 0.777. The Morgan fingerprint density at radius 3 is 2.76 bits per heavy atom. The van der Waals surface area contributed by atoms with Crippen LogP contribution in [0.3, 0.4) is 0 Å². The average Bonchev–Trinajstić information content (AvgIpc) is 2.83. The molecular weight excluding hydrogens is 228 g/mol. The SMILES string of the molecule is CCC(NC1CC(C)(C)CC1C)c1nccs1. The van der Waals surface area contributed by atoms with Gasteiger partial charge in [0.15, 0.2) is 0 Å². The maximum absolute atomic E-state index is 4.45. The van der Waals surface area contributed by atoms with Crippen molar-refractivity contribution in [1.82, 2.24) is 10.3 Å². The first-order valence-electron chi connectivity index (χ1n) is 6.67. The van der Waals surface area contributed by atoms with Gasteiger partial charge in [-0.05, 0) is 30.6 Å². The topological polar surface area (TPSA) is 24.9 Å². The molecule has 1 N–H and O–H groups in total. The van der Waals surface area contributed by atoms with Crippen molar-refractivity contribution in [1.29, 1.82) is 0 Å². The highest BCUT2D eigenvalue weighted by molar-refractivity contribution is 7.09. The van der Waals surface area contributed by atoms with E-state index in [0.29, 0.717) is 17.5 Å². The van der Waals surface area contributed by atoms with E-state index in [2.05, 4.69) is 43.4 Å². The molecule has 1 aliphatic carbocycles. The largest absolute Gasteiger partial charge is 0.305 e. The van der Waals surface area contributed by atoms with Crippen molar-refractivity contribution in [3.63, 3.8) is 0 Å². The highest BCUT2D eigenvalue weighted by Gasteiger charge is 2.37. The van der Waals surface area contributed by atoms with Crippen LogP contribution in [0.2, 0.25) is 0 Å². The zero-order valence-corrected chi connectivity index (χ0v) is 12.2. The summed E-state index contributed by atoms with van der Waals surface area (Å²) in [5, 5.41) is 7.13. The summed E-state index contributed by atoms with van der Waals surface area (Å²) < 4.78 is 0. The minimum Gasteiger partial charge on any atom is -0.305 e. The average molecular weight is 252 g/mol. The lowest BCUT2D eigenvalue weighted by molar-refractivity contribution is 0.349. The molecule has 0 amide bonds. The fraction of sp³-hybridized carbons (Fsp3) is 0.786. The van der Waals surface area contributed by atoms with Crippen molar-refractivity contribution in [2.75, 3.05) is 0 Å². The van der Waals surface area contributed by atoms with Crippen molar-refractivity contribution in [3.05, 3.63) is 16.6 Å². The predicted molar refractivity (Wildman–Crippen MR) is 74.2 cm³/mol. The molecule has 0 aromatic carbocycles. The van der Waals surface area contributed by atoms with Crippen LogP contribution in [-0.4, -0.2) is 11.0 Å². The van der Waals surface area contributed by atoms with Crippen molar-refractivity contribution in [2.24, 2.45) is 11.3 Å². The number of rotatable bonds is 4. The van der Waals surface area contributed by atoms with Crippen LogP contribution in [0.25, 0.3) is 0 Å². The van der Waals surface area contributed by atoms with Gasteiger partial charge in [-0.2, -0.15) is 0 Å². The maximum atomic E-state index is 4.45. The second kappa shape index (κ2) is 5.07. The molecular formula is C14H24N2S. The molecule has 3 heteroatoms. The predicted octanol–water partition coefficient (Wildman–Crippen LogP) is 4.01. The second-order valence-electron chi connectivity index (χ2n) is 6.15. The summed E-state index contributed by atoms with van der Waals surface area (Å²) >= 11 is 1.77. The number of thiazole rings is 1. The highest BCUT2D eigenvalue weighted by Crippen LogP contribution is 2.41. The van der Waals surface area contributed by atoms with Gasteiger partial charge in [-0.3, -0.25) is 0 Å². The molecule has 0 radical (unpaired) electrons. The van der Waals surface area contributed by atoms with E-state index < -0.39 is 0 Å². The molecule has 1 aromatic rings. The highest BCUT2D eigenvalue weighted by atomic mass is 32.1. The van der Waals surface area contributed by atoms with E-state index in [-0.39, 0.29) is 0 Å². The lowest BCUT2D eigenvalue weighted by Gasteiger charge is -2.24. The zero-order chi connectivity index (χ0) is 12.5. The van der Waals surface area contributed by atoms with Crippen molar-refractivity contribution >= 4 is 11.3 Å². The quantitative estimate of drug-likeness (QED) is 0.876. The van der Waals surface area contributed by atoms with Gasteiger partial charge in [-0.15, -0.1) is 11.3 Å².